The Bertz CT molecular complexity index is 191. The molecule has 10 nitrogen and oxygen atoms in total. The molecule has 0 rings (SSSR count). The summed E-state index contributed by atoms with van der Waals surface area (Å²) in [6.07, 6.45) is -2.06. The minimum absolute atomic E-state index is 0.651. The molecule has 0 saturated carbocycles. The molecule has 0 fully saturated rings. The Balaban J connectivity index is 3.77. The van der Waals surface area contributed by atoms with E-state index in [0.29, 0.717) is 0 Å². The lowest BCUT2D eigenvalue weighted by atomic mass is 10.6. The van der Waals surface area contributed by atoms with E-state index in [1.807, 2.05) is 5.34 Å². The van der Waals surface area contributed by atoms with Crippen LogP contribution in [0.15, 0.2) is 5.34 Å². The highest BCUT2D eigenvalue weighted by atomic mass is 16.8. The molecule has 0 amide bonds. The highest BCUT2D eigenvalue weighted by Crippen LogP contribution is 1.93. The molecule has 0 radical (unpaired) electrons. The number of hydrogen-bond acceptors (Lipinski definition) is 8. The van der Waals surface area contributed by atoms with Crippen LogP contribution in [0.25, 0.3) is 0 Å². The maximum atomic E-state index is 9.96. The summed E-state index contributed by atoms with van der Waals surface area (Å²) in [7, 11) is 0. The molecule has 0 atom stereocenters. The van der Waals surface area contributed by atoms with Gasteiger partial charge in [-0.2, -0.15) is 0 Å². The Hall–Kier alpha value is -1.84. The summed E-state index contributed by atoms with van der Waals surface area (Å²) >= 11 is 0. The third kappa shape index (κ3) is 4.58. The molecular weight excluding hydrogens is 190 g/mol. The van der Waals surface area contributed by atoms with Crippen molar-refractivity contribution in [3.63, 3.8) is 0 Å². The van der Waals surface area contributed by atoms with Gasteiger partial charge in [-0.05, 0) is 0 Å². The zero-order valence-electron chi connectivity index (χ0n) is 6.19. The van der Waals surface area contributed by atoms with E-state index < -0.39 is 29.4 Å². The molecule has 10 heteroatoms. The van der Waals surface area contributed by atoms with Gasteiger partial charge in [0, 0.05) is 0 Å². The Morgan fingerprint density at radius 2 is 1.85 bits per heavy atom. The molecule has 0 N–H and O–H groups in total. The van der Waals surface area contributed by atoms with Crippen molar-refractivity contribution in [2.24, 2.45) is 5.34 Å². The molecule has 0 bridgehead atoms. The van der Waals surface area contributed by atoms with Gasteiger partial charge in [-0.1, -0.05) is 0 Å². The lowest BCUT2D eigenvalue weighted by Gasteiger charge is -2.01. The molecular formula is C3H5N3O7. The van der Waals surface area contributed by atoms with Crippen molar-refractivity contribution in [3.05, 3.63) is 25.1 Å². The Morgan fingerprint density at radius 1 is 1.31 bits per heavy atom. The summed E-state index contributed by atoms with van der Waals surface area (Å²) in [6.45, 7) is -1.43. The summed E-state index contributed by atoms with van der Waals surface area (Å²) in [6, 6.07) is 0. The maximum Gasteiger partial charge on any atom is 0.473 e. The molecule has 0 unspecified atom stereocenters. The summed E-state index contributed by atoms with van der Waals surface area (Å²) in [5, 5.41) is 21.8. The average Bonchev–Trinajstić information content (AvgIpc) is 2.02. The molecule has 0 aromatic carbocycles. The molecule has 13 heavy (non-hydrogen) atoms. The van der Waals surface area contributed by atoms with Gasteiger partial charge >= 0.3 is 6.17 Å². The second-order valence-electron chi connectivity index (χ2n) is 1.74. The zero-order chi connectivity index (χ0) is 10.3. The van der Waals surface area contributed by atoms with Crippen LogP contribution in [0, 0.1) is 25.1 Å². The largest absolute Gasteiger partial charge is 0.473 e. The molecule has 0 aliphatic rings. The van der Waals surface area contributed by atoms with Gasteiger partial charge in [0.2, 0.25) is 6.79 Å². The number of rotatable bonds is 7. The smallest absolute Gasteiger partial charge is 0.335 e. The minimum atomic E-state index is -2.06. The van der Waals surface area contributed by atoms with E-state index in [0.717, 1.165) is 0 Å². The van der Waals surface area contributed by atoms with Crippen LogP contribution in [-0.2, 0) is 9.57 Å². The molecule has 0 saturated heterocycles. The molecule has 74 valence electrons. The van der Waals surface area contributed by atoms with Crippen molar-refractivity contribution < 1.29 is 19.4 Å². The summed E-state index contributed by atoms with van der Waals surface area (Å²) in [5.41, 5.74) is 0. The van der Waals surface area contributed by atoms with Crippen molar-refractivity contribution in [1.82, 2.24) is 0 Å². The first-order chi connectivity index (χ1) is 6.09. The van der Waals surface area contributed by atoms with Gasteiger partial charge in [-0.25, -0.2) is 0 Å². The van der Waals surface area contributed by atoms with Gasteiger partial charge in [-0.15, -0.1) is 4.91 Å². The van der Waals surface area contributed by atoms with Crippen molar-refractivity contribution >= 4 is 0 Å². The van der Waals surface area contributed by atoms with Gasteiger partial charge in [0.05, 0.1) is 9.85 Å². The van der Waals surface area contributed by atoms with Gasteiger partial charge in [0.15, 0.2) is 11.9 Å². The fourth-order valence-electron chi connectivity index (χ4n) is 0.411. The highest BCUT2D eigenvalue weighted by molar-refractivity contribution is 4.36. The normalized spacial score (nSPS) is 9.62. The van der Waals surface area contributed by atoms with Crippen molar-refractivity contribution in [2.75, 3.05) is 13.4 Å². The third-order valence-electron chi connectivity index (χ3n) is 0.942. The lowest BCUT2D eigenvalue weighted by Crippen LogP contribution is -2.33. The predicted molar refractivity (Wildman–Crippen MR) is 35.5 cm³/mol. The van der Waals surface area contributed by atoms with E-state index in [1.54, 1.807) is 0 Å². The Labute approximate surface area is 70.7 Å². The minimum Gasteiger partial charge on any atom is -0.335 e. The van der Waals surface area contributed by atoms with E-state index in [1.165, 1.54) is 0 Å². The molecule has 0 spiro atoms. The van der Waals surface area contributed by atoms with Gasteiger partial charge in [0.25, 0.3) is 0 Å². The van der Waals surface area contributed by atoms with Crippen LogP contribution in [0.3, 0.4) is 0 Å². The quantitative estimate of drug-likeness (QED) is 0.176. The lowest BCUT2D eigenvalue weighted by molar-refractivity contribution is -0.744. The summed E-state index contributed by atoms with van der Waals surface area (Å²) < 4.78 is 4.26. The Kier molecular flexibility index (Phi) is 4.95. The van der Waals surface area contributed by atoms with Crippen molar-refractivity contribution in [2.45, 2.75) is 6.17 Å². The topological polar surface area (TPSA) is 134 Å². The first kappa shape index (κ1) is 11.2. The van der Waals surface area contributed by atoms with E-state index in [9.17, 15) is 25.1 Å². The number of nitrogens with zero attached hydrogens (tertiary/aromatic N) is 3. The number of hydrogen-bond donors (Lipinski definition) is 0. The van der Waals surface area contributed by atoms with Crippen LogP contribution in [0.4, 0.5) is 0 Å². The molecule has 0 aliphatic heterocycles. The fourth-order valence-corrected chi connectivity index (χ4v) is 0.411. The van der Waals surface area contributed by atoms with Crippen LogP contribution in [-0.4, -0.2) is 29.4 Å². The molecule has 0 aliphatic carbocycles. The first-order valence-electron chi connectivity index (χ1n) is 2.89. The molecule has 0 aromatic heterocycles. The predicted octanol–water partition coefficient (Wildman–Crippen LogP) is -0.462. The summed E-state index contributed by atoms with van der Waals surface area (Å²) in [4.78, 5) is 30.7. The van der Waals surface area contributed by atoms with E-state index in [2.05, 4.69) is 9.57 Å². The van der Waals surface area contributed by atoms with E-state index in [-0.39, 0.29) is 0 Å². The average molecular weight is 195 g/mol. The van der Waals surface area contributed by atoms with E-state index >= 15 is 0 Å². The van der Waals surface area contributed by atoms with E-state index in [4.69, 9.17) is 0 Å². The highest BCUT2D eigenvalue weighted by Gasteiger charge is 2.32. The second kappa shape index (κ2) is 5.77. The molecule has 0 heterocycles. The standard InChI is InChI=1S/C3H5N3O7/c7-4-13-2-12-1-3(5(8)9)6(10)11/h3H,1-2H2. The maximum absolute atomic E-state index is 9.96. The van der Waals surface area contributed by atoms with Gasteiger partial charge in [-0.3, -0.25) is 20.2 Å². The van der Waals surface area contributed by atoms with Crippen LogP contribution in [0.5, 0.6) is 0 Å². The molecule has 0 aromatic rings. The fraction of sp³-hybridized carbons (Fsp3) is 1.00. The summed E-state index contributed by atoms with van der Waals surface area (Å²) in [5.74, 6) is 0. The van der Waals surface area contributed by atoms with Crippen LogP contribution in [0.1, 0.15) is 0 Å². The van der Waals surface area contributed by atoms with Crippen LogP contribution < -0.4 is 0 Å². The first-order valence-corrected chi connectivity index (χ1v) is 2.89. The second-order valence-corrected chi connectivity index (χ2v) is 1.74. The van der Waals surface area contributed by atoms with Crippen LogP contribution >= 0.6 is 0 Å². The van der Waals surface area contributed by atoms with Gasteiger partial charge in [0.1, 0.15) is 0 Å². The van der Waals surface area contributed by atoms with Crippen LogP contribution in [0.2, 0.25) is 0 Å². The number of ether oxygens (including phenoxy) is 1. The monoisotopic (exact) mass is 195 g/mol. The Morgan fingerprint density at radius 3 is 2.23 bits per heavy atom. The zero-order valence-corrected chi connectivity index (χ0v) is 6.19. The number of nitro groups is 2. The SMILES string of the molecule is O=NOCOCC([N+](=O)[O-])[N+](=O)[O-]. The van der Waals surface area contributed by atoms with Crippen molar-refractivity contribution in [3.8, 4) is 0 Å². The third-order valence-corrected chi connectivity index (χ3v) is 0.942. The van der Waals surface area contributed by atoms with Crippen molar-refractivity contribution in [1.29, 1.82) is 0 Å². The van der Waals surface area contributed by atoms with Gasteiger partial charge < -0.3 is 9.57 Å².